The number of aryl methyl sites for hydroxylation is 4. The molecule has 0 aliphatic rings. The Balaban J connectivity index is 1.85. The second-order valence-corrected chi connectivity index (χ2v) is 13.6. The molecule has 0 nitrogen and oxygen atoms in total. The number of benzene rings is 2. The highest BCUT2D eigenvalue weighted by atomic mass is 32.9. The summed E-state index contributed by atoms with van der Waals surface area (Å²) in [5.74, 6) is 0. The van der Waals surface area contributed by atoms with Gasteiger partial charge in [-0.05, 0) is 50.1 Å². The van der Waals surface area contributed by atoms with Crippen molar-refractivity contribution < 1.29 is 0 Å². The summed E-state index contributed by atoms with van der Waals surface area (Å²) in [4.78, 5) is 0. The Morgan fingerprint density at radius 2 is 1.10 bits per heavy atom. The summed E-state index contributed by atoms with van der Waals surface area (Å²) in [5, 5.41) is -1.52. The van der Waals surface area contributed by atoms with Crippen LogP contribution < -0.4 is 0 Å². The first-order valence-corrected chi connectivity index (χ1v) is 11.7. The summed E-state index contributed by atoms with van der Waals surface area (Å²) >= 11 is 10.6. The highest BCUT2D eigenvalue weighted by molar-refractivity contribution is 8.63. The first-order valence-electron chi connectivity index (χ1n) is 7.36. The van der Waals surface area contributed by atoms with Crippen LogP contribution in [0.2, 0.25) is 0 Å². The molecule has 0 heterocycles. The SMILES string of the molecule is Cc1ccc(CCP(=S)(S)CCc2ccc(C)cc2)cc1. The zero-order valence-electron chi connectivity index (χ0n) is 12.7. The molecule has 2 rings (SSSR count). The van der Waals surface area contributed by atoms with E-state index in [1.165, 1.54) is 22.3 Å². The molecule has 0 atom stereocenters. The second-order valence-electron chi connectivity index (χ2n) is 5.76. The third-order valence-corrected chi connectivity index (χ3v) is 7.88. The van der Waals surface area contributed by atoms with Crippen LogP contribution >= 0.6 is 17.5 Å². The Kier molecular flexibility index (Phi) is 6.10. The molecule has 0 radical (unpaired) electrons. The topological polar surface area (TPSA) is 0 Å². The van der Waals surface area contributed by atoms with Crippen LogP contribution in [0.1, 0.15) is 22.3 Å². The Labute approximate surface area is 139 Å². The molecule has 2 aromatic carbocycles. The van der Waals surface area contributed by atoms with Gasteiger partial charge in [-0.3, -0.25) is 0 Å². The van der Waals surface area contributed by atoms with Crippen LogP contribution in [0.5, 0.6) is 0 Å². The zero-order valence-corrected chi connectivity index (χ0v) is 15.4. The molecule has 0 aliphatic heterocycles. The largest absolute Gasteiger partial charge is 0.141 e. The van der Waals surface area contributed by atoms with Gasteiger partial charge in [-0.2, -0.15) is 0 Å². The van der Waals surface area contributed by atoms with Crippen molar-refractivity contribution >= 4 is 29.3 Å². The molecule has 0 aliphatic carbocycles. The highest BCUT2D eigenvalue weighted by Crippen LogP contribution is 2.51. The van der Waals surface area contributed by atoms with Crippen LogP contribution in [0.15, 0.2) is 48.5 Å². The molecule has 0 unspecified atom stereocenters. The molecular formula is C18H23PS2. The van der Waals surface area contributed by atoms with Crippen molar-refractivity contribution in [2.24, 2.45) is 0 Å². The predicted octanol–water partition coefficient (Wildman–Crippen LogP) is 5.41. The zero-order chi connectivity index (χ0) is 15.3. The molecule has 0 bridgehead atoms. The van der Waals surface area contributed by atoms with Crippen LogP contribution in [-0.2, 0) is 24.6 Å². The van der Waals surface area contributed by atoms with Crippen molar-refractivity contribution in [2.45, 2.75) is 26.7 Å². The quantitative estimate of drug-likeness (QED) is 0.544. The fourth-order valence-corrected chi connectivity index (χ4v) is 4.82. The van der Waals surface area contributed by atoms with Crippen LogP contribution in [0.25, 0.3) is 0 Å². The van der Waals surface area contributed by atoms with E-state index in [0.29, 0.717) is 0 Å². The summed E-state index contributed by atoms with van der Waals surface area (Å²) in [5.41, 5.74) is 5.37. The maximum Gasteiger partial charge on any atom is 0.00408 e. The van der Waals surface area contributed by atoms with Crippen molar-refractivity contribution in [1.82, 2.24) is 0 Å². The van der Waals surface area contributed by atoms with Crippen molar-refractivity contribution in [2.75, 3.05) is 12.3 Å². The first kappa shape index (κ1) is 16.8. The van der Waals surface area contributed by atoms with E-state index in [9.17, 15) is 0 Å². The summed E-state index contributed by atoms with van der Waals surface area (Å²) in [7, 11) is 0. The minimum atomic E-state index is -1.52. The van der Waals surface area contributed by atoms with E-state index in [0.717, 1.165) is 25.2 Å². The van der Waals surface area contributed by atoms with E-state index in [2.05, 4.69) is 62.4 Å². The summed E-state index contributed by atoms with van der Waals surface area (Å²) in [6, 6.07) is 17.5. The average Bonchev–Trinajstić information content (AvgIpc) is 2.46. The Hall–Kier alpha value is -0.560. The van der Waals surface area contributed by atoms with Gasteiger partial charge in [0.15, 0.2) is 0 Å². The number of rotatable bonds is 6. The van der Waals surface area contributed by atoms with Gasteiger partial charge in [-0.15, -0.1) is 12.2 Å². The second kappa shape index (κ2) is 7.63. The van der Waals surface area contributed by atoms with Gasteiger partial charge in [0.2, 0.25) is 0 Å². The average molecular weight is 334 g/mol. The van der Waals surface area contributed by atoms with E-state index in [-0.39, 0.29) is 0 Å². The van der Waals surface area contributed by atoms with Crippen molar-refractivity contribution in [1.29, 1.82) is 0 Å². The molecule has 0 spiro atoms. The highest BCUT2D eigenvalue weighted by Gasteiger charge is 2.12. The van der Waals surface area contributed by atoms with Crippen molar-refractivity contribution in [3.8, 4) is 0 Å². The van der Waals surface area contributed by atoms with Crippen LogP contribution in [0, 0.1) is 13.8 Å². The smallest absolute Gasteiger partial charge is 0.00408 e. The molecule has 3 heteroatoms. The molecular weight excluding hydrogens is 311 g/mol. The van der Waals surface area contributed by atoms with E-state index in [4.69, 9.17) is 24.1 Å². The van der Waals surface area contributed by atoms with E-state index in [1.807, 2.05) is 0 Å². The molecule has 0 aromatic heterocycles. The monoisotopic (exact) mass is 334 g/mol. The summed E-state index contributed by atoms with van der Waals surface area (Å²) in [6.07, 6.45) is 4.19. The fourth-order valence-electron chi connectivity index (χ4n) is 2.23. The van der Waals surface area contributed by atoms with E-state index in [1.54, 1.807) is 0 Å². The lowest BCUT2D eigenvalue weighted by Gasteiger charge is -2.16. The van der Waals surface area contributed by atoms with Gasteiger partial charge in [0.1, 0.15) is 0 Å². The van der Waals surface area contributed by atoms with Crippen LogP contribution in [0.4, 0.5) is 0 Å². The van der Waals surface area contributed by atoms with Gasteiger partial charge in [0.25, 0.3) is 0 Å². The Bertz CT molecular complexity index is 561. The molecule has 2 aromatic rings. The van der Waals surface area contributed by atoms with Gasteiger partial charge < -0.3 is 0 Å². The third kappa shape index (κ3) is 5.98. The normalized spacial score (nSPS) is 11.6. The lowest BCUT2D eigenvalue weighted by atomic mass is 10.1. The van der Waals surface area contributed by atoms with Crippen molar-refractivity contribution in [3.63, 3.8) is 0 Å². The van der Waals surface area contributed by atoms with Crippen LogP contribution in [0.3, 0.4) is 0 Å². The maximum atomic E-state index is 5.77. The fraction of sp³-hybridized carbons (Fsp3) is 0.333. The summed E-state index contributed by atoms with van der Waals surface area (Å²) in [6.45, 7) is 4.24. The molecule has 112 valence electrons. The maximum absolute atomic E-state index is 5.77. The predicted molar refractivity (Wildman–Crippen MR) is 103 cm³/mol. The molecule has 0 saturated carbocycles. The number of hydrogen-bond donors (Lipinski definition) is 1. The standard InChI is InChI=1S/C18H23PS2/c1-15-3-7-17(8-4-15)11-13-19(20,21)14-12-18-9-5-16(2)6-10-18/h3-10H,11-14H2,1-2H3,(H,20,21). The lowest BCUT2D eigenvalue weighted by Crippen LogP contribution is -1.98. The Morgan fingerprint density at radius 1 is 0.762 bits per heavy atom. The lowest BCUT2D eigenvalue weighted by molar-refractivity contribution is 1.11. The van der Waals surface area contributed by atoms with Gasteiger partial charge >= 0.3 is 0 Å². The molecule has 0 saturated heterocycles. The van der Waals surface area contributed by atoms with Gasteiger partial charge in [0.05, 0.1) is 0 Å². The van der Waals surface area contributed by atoms with Crippen molar-refractivity contribution in [3.05, 3.63) is 70.8 Å². The Morgan fingerprint density at radius 3 is 1.43 bits per heavy atom. The van der Waals surface area contributed by atoms with Gasteiger partial charge in [0, 0.05) is 5.24 Å². The molecule has 0 amide bonds. The number of thiol groups is 1. The molecule has 0 fully saturated rings. The summed E-state index contributed by atoms with van der Waals surface area (Å²) < 4.78 is 0. The van der Waals surface area contributed by atoms with Crippen LogP contribution in [-0.4, -0.2) is 12.3 Å². The number of hydrogen-bond acceptors (Lipinski definition) is 1. The minimum absolute atomic E-state index is 1.04. The van der Waals surface area contributed by atoms with Gasteiger partial charge in [-0.1, -0.05) is 71.5 Å². The third-order valence-electron chi connectivity index (χ3n) is 3.74. The molecule has 21 heavy (non-hydrogen) atoms. The van der Waals surface area contributed by atoms with E-state index < -0.39 is 5.24 Å². The molecule has 0 N–H and O–H groups in total. The van der Waals surface area contributed by atoms with E-state index >= 15 is 0 Å². The van der Waals surface area contributed by atoms with Gasteiger partial charge in [-0.25, -0.2) is 0 Å². The minimum Gasteiger partial charge on any atom is -0.141 e. The first-order chi connectivity index (χ1) is 9.94.